The highest BCUT2D eigenvalue weighted by atomic mass is 16.3. The van der Waals surface area contributed by atoms with Gasteiger partial charge >= 0.3 is 0 Å². The predicted molar refractivity (Wildman–Crippen MR) is 275 cm³/mol. The zero-order valence-corrected chi connectivity index (χ0v) is 42.9. The Morgan fingerprint density at radius 2 is 0.540 bits per heavy atom. The Hall–Kier alpha value is -0.690. The van der Waals surface area contributed by atoms with Crippen LogP contribution in [0, 0.1) is 0 Å². The third kappa shape index (κ3) is 46.2. The number of nitrogens with one attached hydrogen (secondary N) is 1. The van der Waals surface area contributed by atoms with Crippen molar-refractivity contribution in [3.8, 4) is 0 Å². The fraction of sp³-hybridized carbons (Fsp3) is 0.982. The SMILES string of the molecule is CCCCCCCCCCCCCCCCCCCCCCCCCCCCCCC(O)C(=O)NC(CO)C(O)C(O)CCCCCCCCCCCCCCCCCCCCC. The molecule has 0 bridgehead atoms. The zero-order chi connectivity index (χ0) is 45.9. The van der Waals surface area contributed by atoms with Crippen molar-refractivity contribution < 1.29 is 25.2 Å². The molecule has 0 aliphatic rings. The molecule has 0 rings (SSSR count). The molecule has 378 valence electrons. The topological polar surface area (TPSA) is 110 Å². The van der Waals surface area contributed by atoms with Crippen LogP contribution in [0.2, 0.25) is 0 Å². The van der Waals surface area contributed by atoms with E-state index in [0.717, 1.165) is 38.5 Å². The highest BCUT2D eigenvalue weighted by molar-refractivity contribution is 5.80. The molecule has 4 atom stereocenters. The molecule has 0 radical (unpaired) electrons. The maximum Gasteiger partial charge on any atom is 0.249 e. The van der Waals surface area contributed by atoms with Gasteiger partial charge in [-0.3, -0.25) is 4.79 Å². The van der Waals surface area contributed by atoms with Gasteiger partial charge in [-0.2, -0.15) is 0 Å². The second kappa shape index (κ2) is 52.3. The van der Waals surface area contributed by atoms with Gasteiger partial charge in [0.1, 0.15) is 12.2 Å². The van der Waals surface area contributed by atoms with E-state index in [1.807, 2.05) is 0 Å². The van der Waals surface area contributed by atoms with Gasteiger partial charge in [0.05, 0.1) is 18.8 Å². The van der Waals surface area contributed by atoms with Gasteiger partial charge in [-0.1, -0.05) is 316 Å². The van der Waals surface area contributed by atoms with Crippen molar-refractivity contribution in [3.05, 3.63) is 0 Å². The lowest BCUT2D eigenvalue weighted by molar-refractivity contribution is -0.132. The van der Waals surface area contributed by atoms with Crippen molar-refractivity contribution in [2.45, 2.75) is 353 Å². The van der Waals surface area contributed by atoms with Crippen LogP contribution in [-0.2, 0) is 4.79 Å². The predicted octanol–water partition coefficient (Wildman–Crippen LogP) is 16.7. The molecule has 63 heavy (non-hydrogen) atoms. The number of unbranched alkanes of at least 4 members (excludes halogenated alkanes) is 45. The first kappa shape index (κ1) is 62.3. The number of carbonyl (C=O) groups is 1. The molecule has 1 amide bonds. The van der Waals surface area contributed by atoms with E-state index in [4.69, 9.17) is 0 Å². The molecular formula is C57H115NO5. The normalized spacial score (nSPS) is 13.7. The van der Waals surface area contributed by atoms with Gasteiger partial charge in [-0.05, 0) is 12.8 Å². The minimum atomic E-state index is -1.25. The monoisotopic (exact) mass is 894 g/mol. The average molecular weight is 895 g/mol. The molecule has 0 saturated carbocycles. The van der Waals surface area contributed by atoms with Crippen LogP contribution in [0.5, 0.6) is 0 Å². The standard InChI is InChI=1S/C57H115NO5/c1-3-5-7-9-11-13-15-17-19-21-23-24-25-26-27-28-29-30-31-33-35-37-39-41-43-45-47-49-51-55(61)57(63)58-53(52-59)56(62)54(60)50-48-46-44-42-40-38-36-34-32-22-20-18-16-14-12-10-8-6-4-2/h53-56,59-62H,3-52H2,1-2H3,(H,58,63). The first-order valence-electron chi connectivity index (χ1n) is 28.9. The molecule has 0 fully saturated rings. The average Bonchev–Trinajstić information content (AvgIpc) is 3.29. The van der Waals surface area contributed by atoms with E-state index in [1.165, 1.54) is 263 Å². The number of hydrogen-bond acceptors (Lipinski definition) is 5. The van der Waals surface area contributed by atoms with E-state index >= 15 is 0 Å². The number of aliphatic hydroxyl groups is 4. The van der Waals surface area contributed by atoms with Crippen molar-refractivity contribution in [2.75, 3.05) is 6.61 Å². The summed E-state index contributed by atoms with van der Waals surface area (Å²) in [5, 5.41) is 44.0. The molecule has 0 aliphatic heterocycles. The molecule has 0 saturated heterocycles. The first-order valence-corrected chi connectivity index (χ1v) is 28.9. The third-order valence-corrected chi connectivity index (χ3v) is 14.1. The van der Waals surface area contributed by atoms with Crippen molar-refractivity contribution in [2.24, 2.45) is 0 Å². The van der Waals surface area contributed by atoms with Crippen LogP contribution in [0.3, 0.4) is 0 Å². The van der Waals surface area contributed by atoms with Crippen LogP contribution in [-0.4, -0.2) is 57.3 Å². The first-order chi connectivity index (χ1) is 31.0. The molecule has 0 heterocycles. The highest BCUT2D eigenvalue weighted by Gasteiger charge is 2.28. The van der Waals surface area contributed by atoms with Gasteiger partial charge in [-0.15, -0.1) is 0 Å². The largest absolute Gasteiger partial charge is 0.394 e. The molecule has 0 aromatic heterocycles. The highest BCUT2D eigenvalue weighted by Crippen LogP contribution is 2.19. The molecule has 5 N–H and O–H groups in total. The number of aliphatic hydroxyl groups excluding tert-OH is 4. The molecule has 4 unspecified atom stereocenters. The molecule has 0 spiro atoms. The fourth-order valence-electron chi connectivity index (χ4n) is 9.53. The molecule has 6 nitrogen and oxygen atoms in total. The van der Waals surface area contributed by atoms with Gasteiger partial charge in [0.2, 0.25) is 5.91 Å². The quantitative estimate of drug-likeness (QED) is 0.0391. The minimum absolute atomic E-state index is 0.376. The number of amides is 1. The zero-order valence-electron chi connectivity index (χ0n) is 42.9. The summed E-state index contributed by atoms with van der Waals surface area (Å²) < 4.78 is 0. The summed E-state index contributed by atoms with van der Waals surface area (Å²) in [4.78, 5) is 12.6. The Morgan fingerprint density at radius 1 is 0.333 bits per heavy atom. The summed E-state index contributed by atoms with van der Waals surface area (Å²) in [6, 6.07) is -0.980. The van der Waals surface area contributed by atoms with E-state index in [9.17, 15) is 25.2 Å². The Morgan fingerprint density at radius 3 is 0.762 bits per heavy atom. The molecule has 6 heteroatoms. The van der Waals surface area contributed by atoms with Crippen molar-refractivity contribution in [3.63, 3.8) is 0 Å². The van der Waals surface area contributed by atoms with E-state index in [2.05, 4.69) is 19.2 Å². The van der Waals surface area contributed by atoms with E-state index < -0.39 is 36.9 Å². The summed E-state index contributed by atoms with van der Waals surface area (Å²) in [5.74, 6) is -0.575. The molecular weight excluding hydrogens is 779 g/mol. The lowest BCUT2D eigenvalue weighted by Crippen LogP contribution is -2.53. The van der Waals surface area contributed by atoms with Crippen LogP contribution < -0.4 is 5.32 Å². The summed E-state index contributed by atoms with van der Waals surface area (Å²) in [6.07, 6.45) is 60.3. The third-order valence-electron chi connectivity index (χ3n) is 14.1. The van der Waals surface area contributed by atoms with E-state index in [-0.39, 0.29) is 0 Å². The Bertz CT molecular complexity index is 871. The number of hydrogen-bond donors (Lipinski definition) is 5. The maximum absolute atomic E-state index is 12.6. The van der Waals surface area contributed by atoms with E-state index in [0.29, 0.717) is 12.8 Å². The Labute approximate surface area is 394 Å². The lowest BCUT2D eigenvalue weighted by atomic mass is 9.99. The number of rotatable bonds is 54. The van der Waals surface area contributed by atoms with Gasteiger partial charge in [0.25, 0.3) is 0 Å². The maximum atomic E-state index is 12.6. The molecule has 0 aromatic carbocycles. The van der Waals surface area contributed by atoms with Crippen LogP contribution in [0.25, 0.3) is 0 Å². The summed E-state index contributed by atoms with van der Waals surface area (Å²) >= 11 is 0. The van der Waals surface area contributed by atoms with Crippen LogP contribution in [0.1, 0.15) is 328 Å². The van der Waals surface area contributed by atoms with Crippen molar-refractivity contribution >= 4 is 5.91 Å². The summed E-state index contributed by atoms with van der Waals surface area (Å²) in [5.41, 5.74) is 0. The smallest absolute Gasteiger partial charge is 0.249 e. The van der Waals surface area contributed by atoms with Crippen molar-refractivity contribution in [1.29, 1.82) is 0 Å². The van der Waals surface area contributed by atoms with Gasteiger partial charge < -0.3 is 25.7 Å². The van der Waals surface area contributed by atoms with Gasteiger partial charge in [0, 0.05) is 0 Å². The van der Waals surface area contributed by atoms with Gasteiger partial charge in [0.15, 0.2) is 0 Å². The summed E-state index contributed by atoms with van der Waals surface area (Å²) in [6.45, 7) is 4.10. The Balaban J connectivity index is 3.56. The minimum Gasteiger partial charge on any atom is -0.394 e. The fourth-order valence-corrected chi connectivity index (χ4v) is 9.53. The molecule has 0 aromatic rings. The van der Waals surface area contributed by atoms with Crippen LogP contribution in [0.4, 0.5) is 0 Å². The van der Waals surface area contributed by atoms with Crippen molar-refractivity contribution in [1.82, 2.24) is 5.32 Å². The lowest BCUT2D eigenvalue weighted by Gasteiger charge is -2.27. The second-order valence-electron chi connectivity index (χ2n) is 20.4. The van der Waals surface area contributed by atoms with E-state index in [1.54, 1.807) is 0 Å². The Kier molecular flexibility index (Phi) is 51.7. The number of carbonyl (C=O) groups excluding carboxylic acids is 1. The summed E-state index contributed by atoms with van der Waals surface area (Å²) in [7, 11) is 0. The molecule has 0 aliphatic carbocycles. The van der Waals surface area contributed by atoms with Crippen LogP contribution >= 0.6 is 0 Å². The van der Waals surface area contributed by atoms with Gasteiger partial charge in [-0.25, -0.2) is 0 Å². The second-order valence-corrected chi connectivity index (χ2v) is 20.4. The van der Waals surface area contributed by atoms with Crippen LogP contribution in [0.15, 0.2) is 0 Å².